The summed E-state index contributed by atoms with van der Waals surface area (Å²) in [6.07, 6.45) is 18.0. The van der Waals surface area contributed by atoms with Gasteiger partial charge in [-0.1, -0.05) is 81.5 Å². The van der Waals surface area contributed by atoms with Crippen LogP contribution < -0.4 is 0 Å². The second-order valence-corrected chi connectivity index (χ2v) is 9.51. The Kier molecular flexibility index (Phi) is 11.2. The number of likely N-dealkylation sites (N-methyl/N-ethyl adjacent to an activating group) is 1. The van der Waals surface area contributed by atoms with Gasteiger partial charge in [-0.2, -0.15) is 5.10 Å². The summed E-state index contributed by atoms with van der Waals surface area (Å²) in [5.41, 5.74) is 7.97. The molecule has 3 rings (SSSR count). The number of piperazine rings is 1. The van der Waals surface area contributed by atoms with Crippen LogP contribution in [-0.4, -0.2) is 60.3 Å². The highest BCUT2D eigenvalue weighted by atomic mass is 15.5. The molecule has 34 heavy (non-hydrogen) atoms. The van der Waals surface area contributed by atoms with E-state index in [9.17, 15) is 0 Å². The Labute approximate surface area is 209 Å². The fourth-order valence-corrected chi connectivity index (χ4v) is 4.71. The van der Waals surface area contributed by atoms with E-state index in [2.05, 4.69) is 89.7 Å². The largest absolute Gasteiger partial charge is 0.366 e. The highest BCUT2D eigenvalue weighted by molar-refractivity contribution is 6.09. The summed E-state index contributed by atoms with van der Waals surface area (Å²) in [5, 5.41) is 7.08. The number of hydrazone groups is 1. The highest BCUT2D eigenvalue weighted by Crippen LogP contribution is 2.19. The highest BCUT2D eigenvalue weighted by Gasteiger charge is 2.15. The number of benzene rings is 1. The van der Waals surface area contributed by atoms with Gasteiger partial charge in [0.2, 0.25) is 0 Å². The molecule has 0 saturated carbocycles. The third kappa shape index (κ3) is 8.34. The summed E-state index contributed by atoms with van der Waals surface area (Å²) in [6, 6.07) is 10.5. The van der Waals surface area contributed by atoms with E-state index < -0.39 is 0 Å². The molecule has 1 aromatic rings. The van der Waals surface area contributed by atoms with Crippen LogP contribution in [0.5, 0.6) is 0 Å². The van der Waals surface area contributed by atoms with E-state index in [-0.39, 0.29) is 1.43 Å². The van der Waals surface area contributed by atoms with Crippen molar-refractivity contribution < 1.29 is 1.43 Å². The van der Waals surface area contributed by atoms with Crippen LogP contribution in [-0.2, 0) is 0 Å². The van der Waals surface area contributed by atoms with Crippen molar-refractivity contribution >= 4 is 5.71 Å². The lowest BCUT2D eigenvalue weighted by Gasteiger charge is -2.34. The zero-order valence-electron chi connectivity index (χ0n) is 21.5. The molecule has 1 fully saturated rings. The van der Waals surface area contributed by atoms with Gasteiger partial charge < -0.3 is 9.80 Å². The summed E-state index contributed by atoms with van der Waals surface area (Å²) < 4.78 is 0. The van der Waals surface area contributed by atoms with Crippen LogP contribution in [0.3, 0.4) is 0 Å². The second kappa shape index (κ2) is 14.7. The first-order chi connectivity index (χ1) is 16.7. The Morgan fingerprint density at radius 1 is 0.941 bits per heavy atom. The molecule has 1 saturated heterocycles. The van der Waals surface area contributed by atoms with Crippen molar-refractivity contribution in [3.05, 3.63) is 77.8 Å². The Morgan fingerprint density at radius 3 is 2.24 bits per heavy atom. The number of allylic oxidation sites excluding steroid dienone is 4. The molecule has 0 aromatic heterocycles. The van der Waals surface area contributed by atoms with Gasteiger partial charge in [0.25, 0.3) is 0 Å². The summed E-state index contributed by atoms with van der Waals surface area (Å²) in [6.45, 7) is 11.6. The standard InChI is InChI=1S/C30H44N4.H2/c1-4-28(33-25-23-32(3)24-26-33)19-15-10-8-6-7-9-11-16-22-34-29(5-2)20-21-30(31-34)27-17-13-12-14-18-27;/h5,12-14,17-18,20-21H,1,6-11,15-16,19,22-26H2,2-3H3;1H/b29-5-;. The first-order valence-corrected chi connectivity index (χ1v) is 13.3. The lowest BCUT2D eigenvalue weighted by molar-refractivity contribution is 0.182. The number of rotatable bonds is 13. The van der Waals surface area contributed by atoms with Gasteiger partial charge >= 0.3 is 0 Å². The normalized spacial score (nSPS) is 17.7. The molecular formula is C30H46N4. The van der Waals surface area contributed by atoms with Crippen LogP contribution in [0.25, 0.3) is 0 Å². The topological polar surface area (TPSA) is 22.1 Å². The van der Waals surface area contributed by atoms with Crippen LogP contribution in [0.1, 0.15) is 71.7 Å². The minimum absolute atomic E-state index is 0. The van der Waals surface area contributed by atoms with Crippen LogP contribution >= 0.6 is 0 Å². The maximum atomic E-state index is 4.91. The van der Waals surface area contributed by atoms with Crippen molar-refractivity contribution in [3.63, 3.8) is 0 Å². The summed E-state index contributed by atoms with van der Waals surface area (Å²) in [7, 11) is 2.20. The average Bonchev–Trinajstić information content (AvgIpc) is 2.88. The first-order valence-electron chi connectivity index (χ1n) is 13.3. The maximum Gasteiger partial charge on any atom is 0.0908 e. The van der Waals surface area contributed by atoms with Gasteiger partial charge in [-0.15, -0.1) is 5.73 Å². The van der Waals surface area contributed by atoms with E-state index in [1.165, 1.54) is 68.3 Å². The van der Waals surface area contributed by atoms with Gasteiger partial charge in [-0.25, -0.2) is 0 Å². The smallest absolute Gasteiger partial charge is 0.0908 e. The third-order valence-corrected chi connectivity index (χ3v) is 6.93. The third-order valence-electron chi connectivity index (χ3n) is 6.93. The van der Waals surface area contributed by atoms with Gasteiger partial charge in [-0.3, -0.25) is 5.01 Å². The summed E-state index contributed by atoms with van der Waals surface area (Å²) in [5.74, 6) is 0. The zero-order chi connectivity index (χ0) is 24.0. The molecule has 0 atom stereocenters. The molecule has 0 amide bonds. The van der Waals surface area contributed by atoms with Gasteiger partial charge in [0, 0.05) is 39.7 Å². The number of unbranched alkanes of at least 4 members (excludes halogenated alkanes) is 7. The quantitative estimate of drug-likeness (QED) is 0.237. The summed E-state index contributed by atoms with van der Waals surface area (Å²) in [4.78, 5) is 4.88. The molecule has 0 N–H and O–H groups in total. The van der Waals surface area contributed by atoms with Crippen molar-refractivity contribution in [2.24, 2.45) is 5.10 Å². The van der Waals surface area contributed by atoms with E-state index in [0.29, 0.717) is 0 Å². The second-order valence-electron chi connectivity index (χ2n) is 9.51. The van der Waals surface area contributed by atoms with Gasteiger partial charge in [-0.05, 0) is 45.4 Å². The van der Waals surface area contributed by atoms with E-state index in [1.54, 1.807) is 0 Å². The Bertz CT molecular complexity index is 875. The van der Waals surface area contributed by atoms with Crippen molar-refractivity contribution in [1.82, 2.24) is 14.8 Å². The molecule has 0 unspecified atom stereocenters. The molecule has 2 aliphatic heterocycles. The van der Waals surface area contributed by atoms with E-state index >= 15 is 0 Å². The summed E-state index contributed by atoms with van der Waals surface area (Å²) >= 11 is 0. The molecule has 0 radical (unpaired) electrons. The van der Waals surface area contributed by atoms with E-state index in [0.717, 1.165) is 44.9 Å². The van der Waals surface area contributed by atoms with Gasteiger partial charge in [0.15, 0.2) is 0 Å². The monoisotopic (exact) mass is 462 g/mol. The van der Waals surface area contributed by atoms with Crippen molar-refractivity contribution in [3.8, 4) is 0 Å². The Hall–Kier alpha value is -2.55. The molecule has 2 aliphatic rings. The fraction of sp³-hybridized carbons (Fsp3) is 0.533. The first kappa shape index (κ1) is 26.1. The number of nitrogens with zero attached hydrogens (tertiary/aromatic N) is 4. The van der Waals surface area contributed by atoms with Crippen molar-refractivity contribution in [2.75, 3.05) is 39.8 Å². The predicted octanol–water partition coefficient (Wildman–Crippen LogP) is 6.84. The van der Waals surface area contributed by atoms with E-state index in [1.807, 2.05) is 0 Å². The van der Waals surface area contributed by atoms with Crippen LogP contribution in [0, 0.1) is 0 Å². The van der Waals surface area contributed by atoms with Gasteiger partial charge in [0.05, 0.1) is 17.1 Å². The lowest BCUT2D eigenvalue weighted by Crippen LogP contribution is -2.43. The van der Waals surface area contributed by atoms with E-state index in [4.69, 9.17) is 5.10 Å². The molecule has 186 valence electrons. The molecule has 1 aromatic carbocycles. The number of hydrogen-bond acceptors (Lipinski definition) is 4. The average molecular weight is 463 g/mol. The van der Waals surface area contributed by atoms with Crippen LogP contribution in [0.4, 0.5) is 0 Å². The van der Waals surface area contributed by atoms with Gasteiger partial charge in [0.1, 0.15) is 0 Å². The molecule has 0 aliphatic carbocycles. The molecule has 2 heterocycles. The fourth-order valence-electron chi connectivity index (χ4n) is 4.71. The SMILES string of the molecule is C=C=C(CCCCCCCCCCN1N=C(c2ccccc2)C=C/C1=C/C)N1CCN(C)CC1.[HH]. The molecule has 0 bridgehead atoms. The molecule has 0 spiro atoms. The van der Waals surface area contributed by atoms with Crippen LogP contribution in [0.15, 0.2) is 77.4 Å². The maximum absolute atomic E-state index is 4.91. The Morgan fingerprint density at radius 2 is 1.59 bits per heavy atom. The lowest BCUT2D eigenvalue weighted by atomic mass is 10.1. The van der Waals surface area contributed by atoms with Crippen molar-refractivity contribution in [1.29, 1.82) is 0 Å². The predicted molar refractivity (Wildman–Crippen MR) is 148 cm³/mol. The van der Waals surface area contributed by atoms with Crippen molar-refractivity contribution in [2.45, 2.75) is 64.7 Å². The molecule has 4 heteroatoms. The Balaban J connectivity index is 0.00000432. The molecular weight excluding hydrogens is 416 g/mol. The minimum atomic E-state index is 0. The number of hydrogen-bond donors (Lipinski definition) is 0. The van der Waals surface area contributed by atoms with Crippen LogP contribution in [0.2, 0.25) is 0 Å². The zero-order valence-corrected chi connectivity index (χ0v) is 21.5. The minimum Gasteiger partial charge on any atom is -0.366 e. The molecule has 4 nitrogen and oxygen atoms in total.